The van der Waals surface area contributed by atoms with Crippen molar-refractivity contribution < 1.29 is 19.5 Å². The summed E-state index contributed by atoms with van der Waals surface area (Å²) in [6.45, 7) is -0.125. The predicted molar refractivity (Wildman–Crippen MR) is 84.8 cm³/mol. The number of nitrogens with zero attached hydrogens (tertiary/aromatic N) is 1. The molecule has 0 aromatic heterocycles. The van der Waals surface area contributed by atoms with Gasteiger partial charge in [0.25, 0.3) is 0 Å². The molecule has 0 aliphatic rings. The number of methoxy groups -OCH3 is 1. The van der Waals surface area contributed by atoms with Crippen LogP contribution < -0.4 is 9.47 Å². The van der Waals surface area contributed by atoms with Crippen LogP contribution in [0.15, 0.2) is 36.4 Å². The van der Waals surface area contributed by atoms with E-state index >= 15 is 0 Å². The van der Waals surface area contributed by atoms with E-state index < -0.39 is 4.92 Å². The minimum Gasteiger partial charge on any atom is -0.493 e. The molecule has 110 valence electrons. The third kappa shape index (κ3) is 3.61. The number of nitro groups is 1. The topological polar surface area (TPSA) is 81.8 Å². The Morgan fingerprint density at radius 3 is 2.52 bits per heavy atom. The van der Waals surface area contributed by atoms with Gasteiger partial charge in [0.15, 0.2) is 11.5 Å². The highest BCUT2D eigenvalue weighted by Gasteiger charge is 2.18. The Kier molecular flexibility index (Phi) is 4.97. The first-order valence-electron chi connectivity index (χ1n) is 5.94. The molecule has 0 saturated heterocycles. The van der Waals surface area contributed by atoms with E-state index in [1.165, 1.54) is 13.2 Å². The largest absolute Gasteiger partial charge is 0.493 e. The molecule has 1 N–H and O–H groups in total. The van der Waals surface area contributed by atoms with Crippen LogP contribution in [0, 0.1) is 13.7 Å². The molecule has 0 aliphatic carbocycles. The molecule has 0 radical (unpaired) electrons. The number of halogens is 1. The summed E-state index contributed by atoms with van der Waals surface area (Å²) in [6.07, 6.45) is 0. The van der Waals surface area contributed by atoms with Crippen LogP contribution >= 0.6 is 22.6 Å². The van der Waals surface area contributed by atoms with Crippen molar-refractivity contribution in [2.75, 3.05) is 7.11 Å². The number of nitro benzene ring substituents is 1. The summed E-state index contributed by atoms with van der Waals surface area (Å²) in [4.78, 5) is 10.6. The summed E-state index contributed by atoms with van der Waals surface area (Å²) in [6, 6.07) is 9.58. The molecule has 0 heterocycles. The lowest BCUT2D eigenvalue weighted by atomic mass is 10.2. The molecule has 6 nitrogen and oxygen atoms in total. The lowest BCUT2D eigenvalue weighted by Gasteiger charge is -2.11. The van der Waals surface area contributed by atoms with Crippen molar-refractivity contribution in [2.24, 2.45) is 0 Å². The van der Waals surface area contributed by atoms with Gasteiger partial charge < -0.3 is 14.6 Å². The lowest BCUT2D eigenvalue weighted by molar-refractivity contribution is -0.385. The second-order valence-electron chi connectivity index (χ2n) is 4.11. The molecule has 0 spiro atoms. The quantitative estimate of drug-likeness (QED) is 0.471. The molecule has 0 amide bonds. The molecule has 7 heteroatoms. The number of benzene rings is 2. The highest BCUT2D eigenvalue weighted by atomic mass is 127. The summed E-state index contributed by atoms with van der Waals surface area (Å²) in [5, 5.41) is 20.2. The van der Waals surface area contributed by atoms with Crippen molar-refractivity contribution in [3.05, 3.63) is 55.6 Å². The van der Waals surface area contributed by atoms with E-state index in [1.54, 1.807) is 30.3 Å². The maximum atomic E-state index is 11.1. The first-order chi connectivity index (χ1) is 10.0. The summed E-state index contributed by atoms with van der Waals surface area (Å²) in [5.74, 6) is 0.879. The average molecular weight is 401 g/mol. The van der Waals surface area contributed by atoms with Gasteiger partial charge in [0.05, 0.1) is 18.6 Å². The van der Waals surface area contributed by atoms with Crippen LogP contribution in [0.2, 0.25) is 0 Å². The van der Waals surface area contributed by atoms with Crippen LogP contribution in [0.25, 0.3) is 0 Å². The van der Waals surface area contributed by atoms with E-state index in [2.05, 4.69) is 0 Å². The standard InChI is InChI=1S/C14H12INO5/c1-20-14-6-9(8-17)2-4-13(14)21-12-5-3-10(15)7-11(12)16(18)19/h2-7,17H,8H2,1H3. The highest BCUT2D eigenvalue weighted by Crippen LogP contribution is 2.37. The molecule has 21 heavy (non-hydrogen) atoms. The van der Waals surface area contributed by atoms with Gasteiger partial charge in [-0.15, -0.1) is 0 Å². The van der Waals surface area contributed by atoms with Crippen LogP contribution in [-0.4, -0.2) is 17.1 Å². The highest BCUT2D eigenvalue weighted by molar-refractivity contribution is 14.1. The smallest absolute Gasteiger partial charge is 0.312 e. The van der Waals surface area contributed by atoms with Gasteiger partial charge in [0.1, 0.15) is 0 Å². The molecular weight excluding hydrogens is 389 g/mol. The molecule has 2 rings (SSSR count). The second-order valence-corrected chi connectivity index (χ2v) is 5.36. The number of aliphatic hydroxyl groups excluding tert-OH is 1. The Hall–Kier alpha value is -1.87. The molecule has 0 unspecified atom stereocenters. The molecule has 0 saturated carbocycles. The van der Waals surface area contributed by atoms with Gasteiger partial charge in [-0.1, -0.05) is 6.07 Å². The molecule has 2 aromatic rings. The Bertz CT molecular complexity index is 674. The maximum absolute atomic E-state index is 11.1. The van der Waals surface area contributed by atoms with Crippen LogP contribution in [0.4, 0.5) is 5.69 Å². The van der Waals surface area contributed by atoms with E-state index in [-0.39, 0.29) is 18.0 Å². The van der Waals surface area contributed by atoms with Crippen molar-refractivity contribution in [3.8, 4) is 17.2 Å². The van der Waals surface area contributed by atoms with E-state index in [0.717, 1.165) is 3.57 Å². The molecular formula is C14H12INO5. The minimum absolute atomic E-state index is 0.116. The maximum Gasteiger partial charge on any atom is 0.312 e. The number of ether oxygens (including phenoxy) is 2. The van der Waals surface area contributed by atoms with E-state index in [0.29, 0.717) is 17.1 Å². The zero-order valence-electron chi connectivity index (χ0n) is 11.1. The van der Waals surface area contributed by atoms with Crippen LogP contribution in [-0.2, 0) is 6.61 Å². The SMILES string of the molecule is COc1cc(CO)ccc1Oc1ccc(I)cc1[N+](=O)[O-]. The van der Waals surface area contributed by atoms with Crippen LogP contribution in [0.1, 0.15) is 5.56 Å². The van der Waals surface area contributed by atoms with Gasteiger partial charge in [-0.25, -0.2) is 0 Å². The Labute approximate surface area is 134 Å². The van der Waals surface area contributed by atoms with E-state index in [1.807, 2.05) is 22.6 Å². The van der Waals surface area contributed by atoms with Gasteiger partial charge in [0, 0.05) is 9.64 Å². The third-order valence-corrected chi connectivity index (χ3v) is 3.42. The van der Waals surface area contributed by atoms with Gasteiger partial charge >= 0.3 is 5.69 Å². The van der Waals surface area contributed by atoms with Crippen molar-refractivity contribution in [3.63, 3.8) is 0 Å². The van der Waals surface area contributed by atoms with Crippen molar-refractivity contribution in [1.29, 1.82) is 0 Å². The van der Waals surface area contributed by atoms with Gasteiger partial charge in [-0.3, -0.25) is 10.1 Å². The lowest BCUT2D eigenvalue weighted by Crippen LogP contribution is -1.96. The normalized spacial score (nSPS) is 10.2. The van der Waals surface area contributed by atoms with Crippen molar-refractivity contribution >= 4 is 28.3 Å². The number of aliphatic hydroxyl groups is 1. The average Bonchev–Trinajstić information content (AvgIpc) is 2.49. The molecule has 0 fully saturated rings. The minimum atomic E-state index is -0.494. The fraction of sp³-hybridized carbons (Fsp3) is 0.143. The van der Waals surface area contributed by atoms with Gasteiger partial charge in [-0.05, 0) is 52.4 Å². The van der Waals surface area contributed by atoms with Crippen LogP contribution in [0.5, 0.6) is 17.2 Å². The molecule has 0 atom stereocenters. The number of rotatable bonds is 5. The first-order valence-corrected chi connectivity index (χ1v) is 7.02. The summed E-state index contributed by atoms with van der Waals surface area (Å²) < 4.78 is 11.5. The van der Waals surface area contributed by atoms with E-state index in [4.69, 9.17) is 14.6 Å². The zero-order chi connectivity index (χ0) is 15.4. The summed E-state index contributed by atoms with van der Waals surface area (Å²) in [7, 11) is 1.46. The molecule has 2 aromatic carbocycles. The second kappa shape index (κ2) is 6.72. The Balaban J connectivity index is 2.40. The van der Waals surface area contributed by atoms with Crippen molar-refractivity contribution in [2.45, 2.75) is 6.61 Å². The third-order valence-electron chi connectivity index (χ3n) is 2.75. The zero-order valence-corrected chi connectivity index (χ0v) is 13.2. The molecule has 0 aliphatic heterocycles. The number of hydrogen-bond donors (Lipinski definition) is 1. The fourth-order valence-electron chi connectivity index (χ4n) is 1.73. The summed E-state index contributed by atoms with van der Waals surface area (Å²) in [5.41, 5.74) is 0.548. The van der Waals surface area contributed by atoms with Crippen molar-refractivity contribution in [1.82, 2.24) is 0 Å². The first kappa shape index (κ1) is 15.5. The Morgan fingerprint density at radius 1 is 1.19 bits per heavy atom. The fourth-order valence-corrected chi connectivity index (χ4v) is 2.21. The van der Waals surface area contributed by atoms with Crippen LogP contribution in [0.3, 0.4) is 0 Å². The monoisotopic (exact) mass is 401 g/mol. The Morgan fingerprint density at radius 2 is 1.90 bits per heavy atom. The van der Waals surface area contributed by atoms with Gasteiger partial charge in [-0.2, -0.15) is 0 Å². The number of hydrogen-bond acceptors (Lipinski definition) is 5. The summed E-state index contributed by atoms with van der Waals surface area (Å²) >= 11 is 2.00. The molecule has 0 bridgehead atoms. The van der Waals surface area contributed by atoms with E-state index in [9.17, 15) is 10.1 Å². The predicted octanol–water partition coefficient (Wildman–Crippen LogP) is 3.49. The van der Waals surface area contributed by atoms with Gasteiger partial charge in [0.2, 0.25) is 5.75 Å².